The molecule has 1 aliphatic rings. The Bertz CT molecular complexity index is 263. The van der Waals surface area contributed by atoms with Crippen molar-refractivity contribution in [1.29, 1.82) is 0 Å². The lowest BCUT2D eigenvalue weighted by atomic mass is 9.99. The van der Waals surface area contributed by atoms with Gasteiger partial charge in [-0.05, 0) is 33.1 Å². The van der Waals surface area contributed by atoms with Crippen LogP contribution >= 0.6 is 0 Å². The molecule has 3 heteroatoms. The number of rotatable bonds is 6. The van der Waals surface area contributed by atoms with Crippen molar-refractivity contribution in [3.63, 3.8) is 0 Å². The van der Waals surface area contributed by atoms with E-state index in [1.165, 1.54) is 0 Å². The van der Waals surface area contributed by atoms with Crippen molar-refractivity contribution < 1.29 is 4.79 Å². The number of amides is 2. The molecule has 0 spiro atoms. The lowest BCUT2D eigenvalue weighted by molar-refractivity contribution is 0.144. The van der Waals surface area contributed by atoms with E-state index in [0.717, 1.165) is 38.8 Å². The maximum absolute atomic E-state index is 12.4. The van der Waals surface area contributed by atoms with Crippen molar-refractivity contribution in [2.24, 2.45) is 0 Å². The van der Waals surface area contributed by atoms with Crippen LogP contribution in [0.4, 0.5) is 4.79 Å². The van der Waals surface area contributed by atoms with E-state index in [4.69, 9.17) is 0 Å². The van der Waals surface area contributed by atoms with Crippen LogP contribution in [0, 0.1) is 0 Å². The number of carbonyl (C=O) groups excluding carboxylic acids is 1. The highest BCUT2D eigenvalue weighted by atomic mass is 16.2. The maximum Gasteiger partial charge on any atom is 0.320 e. The number of nitrogens with zero attached hydrogens (tertiary/aromatic N) is 2. The quantitative estimate of drug-likeness (QED) is 0.697. The third-order valence-electron chi connectivity index (χ3n) is 4.13. The molecule has 17 heavy (non-hydrogen) atoms. The average Bonchev–Trinajstić information content (AvgIpc) is 2.64. The number of unbranched alkanes of at least 4 members (excludes halogenated alkanes) is 1. The van der Waals surface area contributed by atoms with Crippen LogP contribution in [0.5, 0.6) is 0 Å². The van der Waals surface area contributed by atoms with Crippen molar-refractivity contribution in [3.8, 4) is 0 Å². The summed E-state index contributed by atoms with van der Waals surface area (Å²) < 4.78 is 0. The Kier molecular flexibility index (Phi) is 4.84. The van der Waals surface area contributed by atoms with E-state index >= 15 is 0 Å². The predicted octanol–water partition coefficient (Wildman–Crippen LogP) is 3.49. The molecule has 3 nitrogen and oxygen atoms in total. The van der Waals surface area contributed by atoms with Gasteiger partial charge in [0.05, 0.1) is 6.04 Å². The van der Waals surface area contributed by atoms with E-state index in [1.807, 2.05) is 0 Å². The van der Waals surface area contributed by atoms with Gasteiger partial charge >= 0.3 is 6.03 Å². The zero-order valence-corrected chi connectivity index (χ0v) is 12.1. The SMILES string of the molecule is CCCCN1C(=O)N(C(C)(C)CC)CC1CC. The molecule has 0 aromatic rings. The molecule has 0 saturated carbocycles. The summed E-state index contributed by atoms with van der Waals surface area (Å²) >= 11 is 0. The van der Waals surface area contributed by atoms with Gasteiger partial charge in [-0.1, -0.05) is 27.2 Å². The first-order valence-electron chi connectivity index (χ1n) is 7.06. The van der Waals surface area contributed by atoms with Crippen LogP contribution in [0.3, 0.4) is 0 Å². The molecule has 1 atom stereocenters. The van der Waals surface area contributed by atoms with Gasteiger partial charge in [-0.3, -0.25) is 0 Å². The fourth-order valence-electron chi connectivity index (χ4n) is 2.35. The highest BCUT2D eigenvalue weighted by Crippen LogP contribution is 2.28. The van der Waals surface area contributed by atoms with Crippen LogP contribution in [-0.4, -0.2) is 40.5 Å². The Balaban J connectivity index is 2.77. The molecule has 100 valence electrons. The Morgan fingerprint density at radius 2 is 1.94 bits per heavy atom. The molecule has 2 amide bonds. The van der Waals surface area contributed by atoms with Crippen molar-refractivity contribution in [2.75, 3.05) is 13.1 Å². The highest BCUT2D eigenvalue weighted by molar-refractivity contribution is 5.78. The Hall–Kier alpha value is -0.730. The van der Waals surface area contributed by atoms with E-state index in [0.29, 0.717) is 6.04 Å². The molecular weight excluding hydrogens is 212 g/mol. The van der Waals surface area contributed by atoms with Crippen molar-refractivity contribution in [2.45, 2.75) is 71.9 Å². The van der Waals surface area contributed by atoms with Crippen LogP contribution in [-0.2, 0) is 0 Å². The van der Waals surface area contributed by atoms with E-state index < -0.39 is 0 Å². The van der Waals surface area contributed by atoms with Crippen LogP contribution in [0.1, 0.15) is 60.3 Å². The lowest BCUT2D eigenvalue weighted by Gasteiger charge is -2.34. The van der Waals surface area contributed by atoms with Gasteiger partial charge in [-0.2, -0.15) is 0 Å². The summed E-state index contributed by atoms with van der Waals surface area (Å²) in [6.45, 7) is 12.7. The Labute approximate surface area is 106 Å². The van der Waals surface area contributed by atoms with E-state index in [9.17, 15) is 4.79 Å². The van der Waals surface area contributed by atoms with Gasteiger partial charge in [-0.15, -0.1) is 0 Å². The first-order chi connectivity index (χ1) is 7.97. The van der Waals surface area contributed by atoms with E-state index in [1.54, 1.807) is 0 Å². The second-order valence-electron chi connectivity index (χ2n) is 5.67. The molecule has 1 saturated heterocycles. The monoisotopic (exact) mass is 240 g/mol. The minimum Gasteiger partial charge on any atom is -0.320 e. The zero-order chi connectivity index (χ0) is 13.1. The van der Waals surface area contributed by atoms with E-state index in [2.05, 4.69) is 44.4 Å². The molecule has 0 aromatic heterocycles. The number of urea groups is 1. The van der Waals surface area contributed by atoms with Gasteiger partial charge in [0.25, 0.3) is 0 Å². The number of carbonyl (C=O) groups is 1. The summed E-state index contributed by atoms with van der Waals surface area (Å²) in [5.74, 6) is 0. The topological polar surface area (TPSA) is 23.6 Å². The predicted molar refractivity (Wildman–Crippen MR) is 72.2 cm³/mol. The summed E-state index contributed by atoms with van der Waals surface area (Å²) in [6.07, 6.45) is 4.34. The molecule has 0 aromatic carbocycles. The fraction of sp³-hybridized carbons (Fsp3) is 0.929. The van der Waals surface area contributed by atoms with Gasteiger partial charge < -0.3 is 9.80 Å². The Morgan fingerprint density at radius 1 is 1.29 bits per heavy atom. The van der Waals surface area contributed by atoms with Gasteiger partial charge in [0.15, 0.2) is 0 Å². The normalized spacial score (nSPS) is 21.5. The van der Waals surface area contributed by atoms with Crippen LogP contribution < -0.4 is 0 Å². The fourth-order valence-corrected chi connectivity index (χ4v) is 2.35. The minimum atomic E-state index is -0.00846. The molecule has 0 aliphatic carbocycles. The smallest absolute Gasteiger partial charge is 0.320 e. The third kappa shape index (κ3) is 2.93. The first-order valence-corrected chi connectivity index (χ1v) is 7.06. The summed E-state index contributed by atoms with van der Waals surface area (Å²) in [4.78, 5) is 16.6. The van der Waals surface area contributed by atoms with Crippen LogP contribution in [0.2, 0.25) is 0 Å². The van der Waals surface area contributed by atoms with Gasteiger partial charge in [-0.25, -0.2) is 4.79 Å². The van der Waals surface area contributed by atoms with Crippen LogP contribution in [0.15, 0.2) is 0 Å². The van der Waals surface area contributed by atoms with Crippen LogP contribution in [0.25, 0.3) is 0 Å². The van der Waals surface area contributed by atoms with Gasteiger partial charge in [0, 0.05) is 18.6 Å². The average molecular weight is 240 g/mol. The lowest BCUT2D eigenvalue weighted by Crippen LogP contribution is -2.46. The molecule has 0 radical (unpaired) electrons. The molecule has 1 heterocycles. The zero-order valence-electron chi connectivity index (χ0n) is 12.1. The second kappa shape index (κ2) is 5.74. The standard InChI is InChI=1S/C14H28N2O/c1-6-9-10-15-12(7-2)11-16(13(15)17)14(4,5)8-3/h12H,6-11H2,1-5H3. The molecule has 1 aliphatic heterocycles. The molecule has 1 rings (SSSR count). The molecular formula is C14H28N2O. The highest BCUT2D eigenvalue weighted by Gasteiger charge is 2.41. The molecule has 1 unspecified atom stereocenters. The number of hydrogen-bond donors (Lipinski definition) is 0. The largest absolute Gasteiger partial charge is 0.320 e. The summed E-state index contributed by atoms with van der Waals surface area (Å²) in [5.41, 5.74) is -0.00846. The third-order valence-corrected chi connectivity index (χ3v) is 4.13. The van der Waals surface area contributed by atoms with E-state index in [-0.39, 0.29) is 11.6 Å². The Morgan fingerprint density at radius 3 is 2.41 bits per heavy atom. The minimum absolute atomic E-state index is 0.00846. The summed E-state index contributed by atoms with van der Waals surface area (Å²) in [6, 6.07) is 0.664. The summed E-state index contributed by atoms with van der Waals surface area (Å²) in [5, 5.41) is 0. The van der Waals surface area contributed by atoms with Crippen molar-refractivity contribution >= 4 is 6.03 Å². The van der Waals surface area contributed by atoms with Gasteiger partial charge in [0.2, 0.25) is 0 Å². The molecule has 0 N–H and O–H groups in total. The summed E-state index contributed by atoms with van der Waals surface area (Å²) in [7, 11) is 0. The molecule has 0 bridgehead atoms. The van der Waals surface area contributed by atoms with Gasteiger partial charge in [0.1, 0.15) is 0 Å². The number of hydrogen-bond acceptors (Lipinski definition) is 1. The second-order valence-corrected chi connectivity index (χ2v) is 5.67. The first kappa shape index (κ1) is 14.3. The van der Waals surface area contributed by atoms with Crippen molar-refractivity contribution in [3.05, 3.63) is 0 Å². The molecule has 1 fully saturated rings. The van der Waals surface area contributed by atoms with Crippen molar-refractivity contribution in [1.82, 2.24) is 9.80 Å². The maximum atomic E-state index is 12.4.